The van der Waals surface area contributed by atoms with Crippen LogP contribution in [0.1, 0.15) is 5.56 Å². The Kier molecular flexibility index (Phi) is 3.80. The van der Waals surface area contributed by atoms with Crippen molar-refractivity contribution in [3.63, 3.8) is 0 Å². The Labute approximate surface area is 149 Å². The zero-order valence-corrected chi connectivity index (χ0v) is 14.6. The Morgan fingerprint density at radius 2 is 2.00 bits per heavy atom. The van der Waals surface area contributed by atoms with Gasteiger partial charge in [-0.2, -0.15) is 0 Å². The monoisotopic (exact) mass is 373 g/mol. The van der Waals surface area contributed by atoms with Crippen LogP contribution in [0.15, 0.2) is 41.6 Å². The van der Waals surface area contributed by atoms with Gasteiger partial charge in [0.25, 0.3) is 0 Å². The molecule has 0 bridgehead atoms. The highest BCUT2D eigenvalue weighted by molar-refractivity contribution is 7.92. The number of hydrogen-bond acceptors (Lipinski definition) is 6. The number of hydrogen-bond donors (Lipinski definition) is 2. The normalized spacial score (nSPS) is 13.1. The Hall–Kier alpha value is -3.07. The van der Waals surface area contributed by atoms with Crippen molar-refractivity contribution in [2.24, 2.45) is 0 Å². The minimum absolute atomic E-state index is 0.118. The molecule has 1 aromatic heterocycles. The minimum Gasteiger partial charge on any atom is -0.454 e. The van der Waals surface area contributed by atoms with E-state index in [0.717, 1.165) is 5.56 Å². The van der Waals surface area contributed by atoms with Crippen LogP contribution in [0.25, 0.3) is 11.0 Å². The van der Waals surface area contributed by atoms with Crippen LogP contribution in [0, 0.1) is 6.92 Å². The van der Waals surface area contributed by atoms with Gasteiger partial charge in [-0.1, -0.05) is 6.07 Å². The van der Waals surface area contributed by atoms with E-state index < -0.39 is 21.5 Å². The van der Waals surface area contributed by atoms with E-state index in [2.05, 4.69) is 15.3 Å². The number of ether oxygens (including phenoxy) is 2. The molecular weight excluding hydrogens is 358 g/mol. The van der Waals surface area contributed by atoms with E-state index in [1.807, 2.05) is 13.0 Å². The second kappa shape index (κ2) is 6.03. The third kappa shape index (κ3) is 3.08. The van der Waals surface area contributed by atoms with Crippen LogP contribution in [0.3, 0.4) is 0 Å². The quantitative estimate of drug-likeness (QED) is 0.724. The van der Waals surface area contributed by atoms with E-state index in [1.165, 1.54) is 0 Å². The molecule has 0 saturated carbocycles. The van der Waals surface area contributed by atoms with Crippen molar-refractivity contribution in [3.05, 3.63) is 42.0 Å². The maximum atomic E-state index is 12.5. The number of aryl methyl sites for hydroxylation is 1. The van der Waals surface area contributed by atoms with Crippen LogP contribution in [0.2, 0.25) is 0 Å². The van der Waals surface area contributed by atoms with Crippen LogP contribution in [-0.2, 0) is 14.6 Å². The topological polar surface area (TPSA) is 110 Å². The summed E-state index contributed by atoms with van der Waals surface area (Å²) in [6.45, 7) is 2.01. The van der Waals surface area contributed by atoms with Crippen LogP contribution >= 0.6 is 0 Å². The van der Waals surface area contributed by atoms with Gasteiger partial charge in [0, 0.05) is 11.8 Å². The highest BCUT2D eigenvalue weighted by Crippen LogP contribution is 2.34. The highest BCUT2D eigenvalue weighted by Gasteiger charge is 2.24. The number of aromatic amines is 1. The molecule has 0 aliphatic carbocycles. The summed E-state index contributed by atoms with van der Waals surface area (Å²) in [7, 11) is -3.90. The molecule has 1 aliphatic rings. The number of aromatic nitrogens is 2. The zero-order chi connectivity index (χ0) is 18.3. The first-order chi connectivity index (χ1) is 12.4. The minimum atomic E-state index is -3.90. The Morgan fingerprint density at radius 1 is 1.19 bits per heavy atom. The molecule has 1 aliphatic heterocycles. The number of amides is 1. The smallest absolute Gasteiger partial charge is 0.240 e. The van der Waals surface area contributed by atoms with Crippen molar-refractivity contribution in [2.75, 3.05) is 17.9 Å². The number of benzene rings is 2. The highest BCUT2D eigenvalue weighted by atomic mass is 32.2. The maximum absolute atomic E-state index is 12.5. The standard InChI is InChI=1S/C17H15N3O5S/c1-10-2-4-12-13(6-10)20-17(19-12)26(22,23)8-16(21)18-11-3-5-14-15(7-11)25-9-24-14/h2-7H,8-9H2,1H3,(H,18,21)(H,19,20). The largest absolute Gasteiger partial charge is 0.454 e. The number of carbonyl (C=O) groups excluding carboxylic acids is 1. The number of H-pyrrole nitrogens is 1. The lowest BCUT2D eigenvalue weighted by Gasteiger charge is -2.06. The Morgan fingerprint density at radius 3 is 2.85 bits per heavy atom. The molecule has 26 heavy (non-hydrogen) atoms. The molecule has 4 rings (SSSR count). The fourth-order valence-electron chi connectivity index (χ4n) is 2.66. The summed E-state index contributed by atoms with van der Waals surface area (Å²) >= 11 is 0. The van der Waals surface area contributed by atoms with Gasteiger partial charge in [0.2, 0.25) is 27.7 Å². The van der Waals surface area contributed by atoms with E-state index >= 15 is 0 Å². The van der Waals surface area contributed by atoms with Crippen molar-refractivity contribution in [2.45, 2.75) is 12.1 Å². The number of fused-ring (bicyclic) bond motifs is 2. The van der Waals surface area contributed by atoms with Gasteiger partial charge >= 0.3 is 0 Å². The van der Waals surface area contributed by atoms with E-state index in [-0.39, 0.29) is 11.9 Å². The first-order valence-electron chi connectivity index (χ1n) is 7.79. The number of rotatable bonds is 4. The lowest BCUT2D eigenvalue weighted by atomic mass is 10.2. The Bertz CT molecular complexity index is 1120. The molecule has 2 heterocycles. The van der Waals surface area contributed by atoms with Crippen molar-refractivity contribution in [1.82, 2.24) is 9.97 Å². The molecule has 9 heteroatoms. The summed E-state index contributed by atoms with van der Waals surface area (Å²) in [4.78, 5) is 19.0. The molecule has 8 nitrogen and oxygen atoms in total. The van der Waals surface area contributed by atoms with Crippen LogP contribution < -0.4 is 14.8 Å². The summed E-state index contributed by atoms with van der Waals surface area (Å²) in [6.07, 6.45) is 0. The first-order valence-corrected chi connectivity index (χ1v) is 9.44. The van der Waals surface area contributed by atoms with E-state index in [1.54, 1.807) is 30.3 Å². The molecule has 0 fully saturated rings. The number of nitrogens with one attached hydrogen (secondary N) is 2. The molecular formula is C17H15N3O5S. The van der Waals surface area contributed by atoms with Crippen LogP contribution in [-0.4, -0.2) is 36.8 Å². The van der Waals surface area contributed by atoms with Gasteiger partial charge in [-0.05, 0) is 36.8 Å². The van der Waals surface area contributed by atoms with Gasteiger partial charge in [-0.15, -0.1) is 0 Å². The average molecular weight is 373 g/mol. The number of sulfone groups is 1. The van der Waals surface area contributed by atoms with Crippen molar-refractivity contribution >= 4 is 32.5 Å². The second-order valence-electron chi connectivity index (χ2n) is 5.94. The van der Waals surface area contributed by atoms with E-state index in [0.29, 0.717) is 28.2 Å². The van der Waals surface area contributed by atoms with Crippen LogP contribution in [0.4, 0.5) is 5.69 Å². The fourth-order valence-corrected chi connectivity index (χ4v) is 3.72. The van der Waals surface area contributed by atoms with E-state index in [9.17, 15) is 13.2 Å². The molecule has 0 saturated heterocycles. The zero-order valence-electron chi connectivity index (χ0n) is 13.8. The van der Waals surface area contributed by atoms with Gasteiger partial charge < -0.3 is 19.8 Å². The molecule has 2 N–H and O–H groups in total. The number of nitrogens with zero attached hydrogens (tertiary/aromatic N) is 1. The molecule has 0 atom stereocenters. The van der Waals surface area contributed by atoms with Crippen molar-refractivity contribution in [1.29, 1.82) is 0 Å². The van der Waals surface area contributed by atoms with Gasteiger partial charge in [0.15, 0.2) is 11.5 Å². The Balaban J connectivity index is 1.52. The summed E-state index contributed by atoms with van der Waals surface area (Å²) in [6, 6.07) is 10.2. The third-order valence-electron chi connectivity index (χ3n) is 3.89. The predicted molar refractivity (Wildman–Crippen MR) is 94.1 cm³/mol. The maximum Gasteiger partial charge on any atom is 0.240 e. The SMILES string of the molecule is Cc1ccc2nc(S(=O)(=O)CC(=O)Nc3ccc4c(c3)OCO4)[nH]c2c1. The fraction of sp³-hybridized carbons (Fsp3) is 0.176. The first kappa shape index (κ1) is 16.4. The molecule has 0 radical (unpaired) electrons. The lowest BCUT2D eigenvalue weighted by Crippen LogP contribution is -2.23. The van der Waals surface area contributed by atoms with Crippen molar-refractivity contribution in [3.8, 4) is 11.5 Å². The van der Waals surface area contributed by atoms with Gasteiger partial charge in [0.1, 0.15) is 5.75 Å². The summed E-state index contributed by atoms with van der Waals surface area (Å²) < 4.78 is 35.4. The predicted octanol–water partition coefficient (Wildman–Crippen LogP) is 2.01. The van der Waals surface area contributed by atoms with E-state index in [4.69, 9.17) is 9.47 Å². The van der Waals surface area contributed by atoms with Gasteiger partial charge in [0.05, 0.1) is 11.0 Å². The van der Waals surface area contributed by atoms with Crippen molar-refractivity contribution < 1.29 is 22.7 Å². The molecule has 134 valence electrons. The van der Waals surface area contributed by atoms with Gasteiger partial charge in [-0.25, -0.2) is 13.4 Å². The summed E-state index contributed by atoms with van der Waals surface area (Å²) in [5.41, 5.74) is 2.55. The molecule has 1 amide bonds. The summed E-state index contributed by atoms with van der Waals surface area (Å²) in [5.74, 6) is -0.313. The van der Waals surface area contributed by atoms with Gasteiger partial charge in [-0.3, -0.25) is 4.79 Å². The number of anilines is 1. The average Bonchev–Trinajstić information content (AvgIpc) is 3.19. The molecule has 0 spiro atoms. The molecule has 2 aromatic carbocycles. The molecule has 0 unspecified atom stereocenters. The lowest BCUT2D eigenvalue weighted by molar-refractivity contribution is -0.113. The number of carbonyl (C=O) groups is 1. The number of imidazole rings is 1. The van der Waals surface area contributed by atoms with Crippen LogP contribution in [0.5, 0.6) is 11.5 Å². The summed E-state index contributed by atoms with van der Waals surface area (Å²) in [5, 5.41) is 2.32. The second-order valence-corrected chi connectivity index (χ2v) is 7.84. The molecule has 3 aromatic rings. The third-order valence-corrected chi connectivity index (χ3v) is 5.31.